The number of ether oxygens (including phenoxy) is 6. The zero-order valence-electron chi connectivity index (χ0n) is 34.4. The lowest BCUT2D eigenvalue weighted by Gasteiger charge is -2.44. The third-order valence-electron chi connectivity index (χ3n) is 12.4. The lowest BCUT2D eigenvalue weighted by atomic mass is 9.73. The lowest BCUT2D eigenvalue weighted by Crippen LogP contribution is -2.56. The quantitative estimate of drug-likeness (QED) is 0.164. The average Bonchev–Trinajstić information content (AvgIpc) is 3.83. The number of fused-ring (bicyclic) bond motifs is 3. The molecule has 3 aliphatic heterocycles. The standard InChI is InChI=1S/C44H51N7O9/c1-24(2)36(48-44(54)60-34-20-45-40-38(34)46-22-47-39(40)35-31(57-21-25-9-10-25)13-14-32-41(35)59-23-58-32)43(53)50-17-15-27(16-18-50)51-42(52)29-8-6-5-7-28(29)37(49-51)26-11-12-30(55-3)33(19-26)56-4/h11-14,19-20,22,24-25,27-29,36,45H,5-10,15-18,21,23H2,1-4H3,(H,48,54)/t28-,29+,36+/m0/s1. The zero-order valence-corrected chi connectivity index (χ0v) is 34.4. The molecule has 2 aromatic carbocycles. The van der Waals surface area contributed by atoms with Gasteiger partial charge >= 0.3 is 6.09 Å². The van der Waals surface area contributed by atoms with Gasteiger partial charge in [0.15, 0.2) is 28.7 Å². The number of piperidine rings is 1. The number of carbonyl (C=O) groups is 3. The fourth-order valence-corrected chi connectivity index (χ4v) is 8.96. The monoisotopic (exact) mass is 821 g/mol. The van der Waals surface area contributed by atoms with Gasteiger partial charge in [0.1, 0.15) is 29.3 Å². The third-order valence-corrected chi connectivity index (χ3v) is 12.4. The molecule has 2 saturated carbocycles. The highest BCUT2D eigenvalue weighted by Gasteiger charge is 2.44. The number of H-pyrrole nitrogens is 1. The summed E-state index contributed by atoms with van der Waals surface area (Å²) in [7, 11) is 3.22. The summed E-state index contributed by atoms with van der Waals surface area (Å²) in [5, 5.41) is 9.57. The van der Waals surface area contributed by atoms with Crippen molar-refractivity contribution in [2.45, 2.75) is 77.3 Å². The van der Waals surface area contributed by atoms with Crippen molar-refractivity contribution in [1.82, 2.24) is 30.2 Å². The summed E-state index contributed by atoms with van der Waals surface area (Å²) in [5.41, 5.74) is 3.84. The molecule has 0 spiro atoms. The number of methoxy groups -OCH3 is 2. The van der Waals surface area contributed by atoms with Gasteiger partial charge in [0, 0.05) is 36.7 Å². The molecule has 3 fully saturated rings. The maximum Gasteiger partial charge on any atom is 0.413 e. The minimum Gasteiger partial charge on any atom is -0.493 e. The number of carbonyl (C=O) groups excluding carboxylic acids is 3. The molecule has 0 bridgehead atoms. The van der Waals surface area contributed by atoms with Gasteiger partial charge < -0.3 is 43.6 Å². The smallest absolute Gasteiger partial charge is 0.413 e. The van der Waals surface area contributed by atoms with Crippen LogP contribution >= 0.6 is 0 Å². The first-order valence-corrected chi connectivity index (χ1v) is 21.0. The molecule has 16 heteroatoms. The number of nitrogens with one attached hydrogen (secondary N) is 2. The molecular formula is C44H51N7O9. The van der Waals surface area contributed by atoms with Crippen molar-refractivity contribution in [3.8, 4) is 45.8 Å². The number of hydrazone groups is 1. The fourth-order valence-electron chi connectivity index (χ4n) is 8.96. The Bertz CT molecular complexity index is 2320. The Labute approximate surface area is 347 Å². The van der Waals surface area contributed by atoms with Crippen LogP contribution in [0.15, 0.2) is 48.0 Å². The maximum atomic E-state index is 14.1. The van der Waals surface area contributed by atoms with Crippen LogP contribution in [0.5, 0.6) is 34.5 Å². The Morgan fingerprint density at radius 2 is 1.68 bits per heavy atom. The van der Waals surface area contributed by atoms with Gasteiger partial charge in [0.25, 0.3) is 0 Å². The van der Waals surface area contributed by atoms with Crippen molar-refractivity contribution >= 4 is 34.7 Å². The minimum atomic E-state index is -0.853. The van der Waals surface area contributed by atoms with Crippen molar-refractivity contribution in [2.24, 2.45) is 28.8 Å². The normalized spacial score (nSPS) is 20.8. The number of benzene rings is 2. The fraction of sp³-hybridized carbons (Fsp3) is 0.500. The van der Waals surface area contributed by atoms with Crippen molar-refractivity contribution < 1.29 is 42.8 Å². The highest BCUT2D eigenvalue weighted by molar-refractivity contribution is 6.07. The van der Waals surface area contributed by atoms with Gasteiger partial charge in [-0.3, -0.25) is 9.59 Å². The second kappa shape index (κ2) is 16.5. The van der Waals surface area contributed by atoms with Crippen LogP contribution in [0.2, 0.25) is 0 Å². The molecule has 9 rings (SSSR count). The SMILES string of the molecule is COc1ccc(C2=NN(C3CCN(C(=O)[C@H](NC(=O)Oc4c[nH]c5c(-c6c(OCC7CC7)ccc7c6OCO7)ncnc45)C(C)C)CC3)C(=O)[C@@H]3CCCC[C@H]23)cc1OC. The summed E-state index contributed by atoms with van der Waals surface area (Å²) < 4.78 is 34.6. The van der Waals surface area contributed by atoms with Crippen molar-refractivity contribution in [3.63, 3.8) is 0 Å². The number of aromatic amines is 1. The summed E-state index contributed by atoms with van der Waals surface area (Å²) >= 11 is 0. The molecule has 4 aromatic rings. The molecule has 2 aliphatic carbocycles. The van der Waals surface area contributed by atoms with Crippen LogP contribution < -0.4 is 33.7 Å². The lowest BCUT2D eigenvalue weighted by molar-refractivity contribution is -0.143. The molecular weight excluding hydrogens is 771 g/mol. The van der Waals surface area contributed by atoms with E-state index in [2.05, 4.69) is 20.3 Å². The van der Waals surface area contributed by atoms with Gasteiger partial charge in [-0.2, -0.15) is 5.10 Å². The molecule has 3 atom stereocenters. The topological polar surface area (TPSA) is 179 Å². The molecule has 16 nitrogen and oxygen atoms in total. The van der Waals surface area contributed by atoms with Crippen LogP contribution in [-0.4, -0.2) is 101 Å². The summed E-state index contributed by atoms with van der Waals surface area (Å²) in [6, 6.07) is 8.45. The van der Waals surface area contributed by atoms with E-state index in [0.29, 0.717) is 89.5 Å². The van der Waals surface area contributed by atoms with Crippen molar-refractivity contribution in [1.29, 1.82) is 0 Å². The molecule has 5 heterocycles. The van der Waals surface area contributed by atoms with Crippen LogP contribution in [0, 0.1) is 23.7 Å². The molecule has 3 amide bonds. The Morgan fingerprint density at radius 1 is 0.917 bits per heavy atom. The predicted molar refractivity (Wildman–Crippen MR) is 219 cm³/mol. The molecule has 5 aliphatic rings. The molecule has 2 N–H and O–H groups in total. The van der Waals surface area contributed by atoms with E-state index in [0.717, 1.165) is 49.8 Å². The van der Waals surface area contributed by atoms with E-state index in [9.17, 15) is 14.4 Å². The summed E-state index contributed by atoms with van der Waals surface area (Å²) in [6.07, 6.45) is 9.32. The molecule has 1 saturated heterocycles. The summed E-state index contributed by atoms with van der Waals surface area (Å²) in [5.74, 6) is 3.17. The second-order valence-corrected chi connectivity index (χ2v) is 16.6. The molecule has 60 heavy (non-hydrogen) atoms. The molecule has 0 radical (unpaired) electrons. The minimum absolute atomic E-state index is 0.0388. The van der Waals surface area contributed by atoms with Crippen molar-refractivity contribution in [3.05, 3.63) is 48.4 Å². The van der Waals surface area contributed by atoms with Crippen molar-refractivity contribution in [2.75, 3.05) is 40.7 Å². The van der Waals surface area contributed by atoms with Gasteiger partial charge in [0.05, 0.1) is 43.7 Å². The van der Waals surface area contributed by atoms with E-state index in [4.69, 9.17) is 33.5 Å². The first-order chi connectivity index (χ1) is 29.2. The van der Waals surface area contributed by atoms with Crippen LogP contribution in [0.1, 0.15) is 70.8 Å². The number of hydrogen-bond donors (Lipinski definition) is 2. The molecule has 2 aromatic heterocycles. The number of hydrogen-bond acceptors (Lipinski definition) is 12. The Kier molecular flexibility index (Phi) is 10.9. The Balaban J connectivity index is 0.879. The summed E-state index contributed by atoms with van der Waals surface area (Å²) in [4.78, 5) is 55.5. The van der Waals surface area contributed by atoms with E-state index >= 15 is 0 Å². The van der Waals surface area contributed by atoms with Crippen LogP contribution in [0.25, 0.3) is 22.3 Å². The number of likely N-dealkylation sites (tertiary alicyclic amines) is 1. The Morgan fingerprint density at radius 3 is 2.43 bits per heavy atom. The van der Waals surface area contributed by atoms with E-state index in [1.165, 1.54) is 6.33 Å². The van der Waals surface area contributed by atoms with Crippen LogP contribution in [-0.2, 0) is 9.59 Å². The molecule has 316 valence electrons. The van der Waals surface area contributed by atoms with E-state index in [1.54, 1.807) is 30.3 Å². The van der Waals surface area contributed by atoms with E-state index < -0.39 is 12.1 Å². The van der Waals surface area contributed by atoms with E-state index in [-0.39, 0.29) is 48.2 Å². The summed E-state index contributed by atoms with van der Waals surface area (Å²) in [6.45, 7) is 5.25. The van der Waals surface area contributed by atoms with E-state index in [1.807, 2.05) is 44.2 Å². The first-order valence-electron chi connectivity index (χ1n) is 21.0. The van der Waals surface area contributed by atoms with Gasteiger partial charge in [0.2, 0.25) is 18.6 Å². The zero-order chi connectivity index (χ0) is 41.5. The molecule has 0 unspecified atom stereocenters. The number of aromatic nitrogens is 3. The highest BCUT2D eigenvalue weighted by atomic mass is 16.7. The average molecular weight is 822 g/mol. The Hall–Kier alpha value is -6.06. The largest absolute Gasteiger partial charge is 0.493 e. The number of rotatable bonds is 12. The number of amides is 3. The second-order valence-electron chi connectivity index (χ2n) is 16.6. The first kappa shape index (κ1) is 39.4. The highest BCUT2D eigenvalue weighted by Crippen LogP contribution is 2.49. The van der Waals surface area contributed by atoms with Crippen LogP contribution in [0.4, 0.5) is 4.79 Å². The third kappa shape index (κ3) is 7.51. The van der Waals surface area contributed by atoms with Crippen LogP contribution in [0.3, 0.4) is 0 Å². The van der Waals surface area contributed by atoms with Gasteiger partial charge in [-0.15, -0.1) is 0 Å². The van der Waals surface area contributed by atoms with Gasteiger partial charge in [-0.05, 0) is 80.7 Å². The van der Waals surface area contributed by atoms with Gasteiger partial charge in [-0.1, -0.05) is 26.7 Å². The van der Waals surface area contributed by atoms with Gasteiger partial charge in [-0.25, -0.2) is 19.8 Å². The number of nitrogens with zero attached hydrogens (tertiary/aromatic N) is 5. The maximum absolute atomic E-state index is 14.1. The predicted octanol–water partition coefficient (Wildman–Crippen LogP) is 6.32.